The number of rotatable bonds is 5. The van der Waals surface area contributed by atoms with Crippen molar-refractivity contribution in [2.45, 2.75) is 32.2 Å². The normalized spacial score (nSPS) is 19.5. The maximum atomic E-state index is 5.95. The maximum Gasteiger partial charge on any atom is 0.0406 e. The lowest BCUT2D eigenvalue weighted by Gasteiger charge is -2.36. The van der Waals surface area contributed by atoms with Gasteiger partial charge < -0.3 is 5.32 Å². The van der Waals surface area contributed by atoms with E-state index in [4.69, 9.17) is 11.6 Å². The fourth-order valence-corrected chi connectivity index (χ4v) is 3.06. The Balaban J connectivity index is 1.85. The van der Waals surface area contributed by atoms with Crippen LogP contribution in [0.15, 0.2) is 24.3 Å². The van der Waals surface area contributed by atoms with Crippen molar-refractivity contribution < 1.29 is 0 Å². The summed E-state index contributed by atoms with van der Waals surface area (Å²) in [5.74, 6) is 0.904. The molecule has 19 heavy (non-hydrogen) atoms. The van der Waals surface area contributed by atoms with Crippen molar-refractivity contribution in [3.8, 4) is 0 Å². The Morgan fingerprint density at radius 2 is 1.89 bits per heavy atom. The molecule has 1 aliphatic rings. The molecular weight excluding hydrogens is 256 g/mol. The summed E-state index contributed by atoms with van der Waals surface area (Å²) < 4.78 is 0. The van der Waals surface area contributed by atoms with Crippen molar-refractivity contribution in [3.63, 3.8) is 0 Å². The van der Waals surface area contributed by atoms with Gasteiger partial charge in [0.05, 0.1) is 0 Å². The SMILES string of the molecule is CNCCC1CCN(C(C)c2ccc(Cl)cc2)CC1. The van der Waals surface area contributed by atoms with Crippen LogP contribution in [0.2, 0.25) is 5.02 Å². The summed E-state index contributed by atoms with van der Waals surface area (Å²) in [4.78, 5) is 2.60. The quantitative estimate of drug-likeness (QED) is 0.884. The molecule has 2 rings (SSSR count). The number of hydrogen-bond acceptors (Lipinski definition) is 2. The lowest BCUT2D eigenvalue weighted by atomic mass is 9.92. The van der Waals surface area contributed by atoms with Gasteiger partial charge in [0.2, 0.25) is 0 Å². The highest BCUT2D eigenvalue weighted by Gasteiger charge is 2.23. The predicted molar refractivity (Wildman–Crippen MR) is 82.7 cm³/mol. The van der Waals surface area contributed by atoms with E-state index < -0.39 is 0 Å². The molecule has 3 heteroatoms. The van der Waals surface area contributed by atoms with Crippen LogP contribution >= 0.6 is 11.6 Å². The number of nitrogens with one attached hydrogen (secondary N) is 1. The summed E-state index contributed by atoms with van der Waals surface area (Å²) in [7, 11) is 2.04. The highest BCUT2D eigenvalue weighted by atomic mass is 35.5. The Labute approximate surface area is 122 Å². The van der Waals surface area contributed by atoms with Crippen LogP contribution in [0, 0.1) is 5.92 Å². The van der Waals surface area contributed by atoms with Crippen LogP contribution in [-0.2, 0) is 0 Å². The molecular formula is C16H25ClN2. The first-order chi connectivity index (χ1) is 9.20. The minimum Gasteiger partial charge on any atom is -0.320 e. The molecule has 1 heterocycles. The molecule has 0 aliphatic carbocycles. The third kappa shape index (κ3) is 4.20. The third-order valence-corrected chi connectivity index (χ3v) is 4.60. The second kappa shape index (κ2) is 7.28. The number of piperidine rings is 1. The fraction of sp³-hybridized carbons (Fsp3) is 0.625. The Hall–Kier alpha value is -0.570. The summed E-state index contributed by atoms with van der Waals surface area (Å²) >= 11 is 5.95. The van der Waals surface area contributed by atoms with Gasteiger partial charge in [-0.25, -0.2) is 0 Å². The predicted octanol–water partition coefficient (Wildman–Crippen LogP) is 3.72. The zero-order chi connectivity index (χ0) is 13.7. The van der Waals surface area contributed by atoms with Crippen LogP contribution in [0.25, 0.3) is 0 Å². The molecule has 0 bridgehead atoms. The van der Waals surface area contributed by atoms with E-state index in [0.717, 1.165) is 17.5 Å². The maximum absolute atomic E-state index is 5.95. The first-order valence-electron chi connectivity index (χ1n) is 7.35. The summed E-state index contributed by atoms with van der Waals surface area (Å²) in [5.41, 5.74) is 1.37. The minimum absolute atomic E-state index is 0.502. The van der Waals surface area contributed by atoms with Crippen molar-refractivity contribution in [3.05, 3.63) is 34.9 Å². The molecule has 1 aromatic rings. The Morgan fingerprint density at radius 1 is 1.26 bits per heavy atom. The largest absolute Gasteiger partial charge is 0.320 e. The van der Waals surface area contributed by atoms with E-state index in [2.05, 4.69) is 29.3 Å². The van der Waals surface area contributed by atoms with Crippen LogP contribution in [0.1, 0.15) is 37.8 Å². The highest BCUT2D eigenvalue weighted by Crippen LogP contribution is 2.28. The fourth-order valence-electron chi connectivity index (χ4n) is 2.93. The van der Waals surface area contributed by atoms with Gasteiger partial charge in [-0.2, -0.15) is 0 Å². The number of benzene rings is 1. The monoisotopic (exact) mass is 280 g/mol. The van der Waals surface area contributed by atoms with Crippen molar-refractivity contribution in [1.29, 1.82) is 0 Å². The summed E-state index contributed by atoms with van der Waals surface area (Å²) in [5, 5.41) is 4.08. The van der Waals surface area contributed by atoms with E-state index in [-0.39, 0.29) is 0 Å². The van der Waals surface area contributed by atoms with Gasteiger partial charge in [0.25, 0.3) is 0 Å². The molecule has 2 nitrogen and oxygen atoms in total. The molecule has 106 valence electrons. The number of hydrogen-bond donors (Lipinski definition) is 1. The van der Waals surface area contributed by atoms with Crippen molar-refractivity contribution >= 4 is 11.6 Å². The lowest BCUT2D eigenvalue weighted by molar-refractivity contribution is 0.137. The first kappa shape index (κ1) is 14.8. The molecule has 0 aromatic heterocycles. The average molecular weight is 281 g/mol. The molecule has 1 saturated heterocycles. The van der Waals surface area contributed by atoms with E-state index in [1.54, 1.807) is 0 Å². The Bertz CT molecular complexity index is 369. The van der Waals surface area contributed by atoms with Crippen molar-refractivity contribution in [2.75, 3.05) is 26.7 Å². The van der Waals surface area contributed by atoms with Gasteiger partial charge in [0, 0.05) is 11.1 Å². The second-order valence-electron chi connectivity index (χ2n) is 5.60. The zero-order valence-corrected chi connectivity index (χ0v) is 12.8. The molecule has 0 saturated carbocycles. The molecule has 1 aliphatic heterocycles. The smallest absolute Gasteiger partial charge is 0.0406 e. The summed E-state index contributed by atoms with van der Waals surface area (Å²) in [6.45, 7) is 5.89. The molecule has 0 radical (unpaired) electrons. The number of likely N-dealkylation sites (tertiary alicyclic amines) is 1. The van der Waals surface area contributed by atoms with E-state index in [0.29, 0.717) is 6.04 Å². The highest BCUT2D eigenvalue weighted by molar-refractivity contribution is 6.30. The Kier molecular flexibility index (Phi) is 5.68. The lowest BCUT2D eigenvalue weighted by Crippen LogP contribution is -2.36. The van der Waals surface area contributed by atoms with Crippen LogP contribution in [0.4, 0.5) is 0 Å². The standard InChI is InChI=1S/C16H25ClN2/c1-13(15-3-5-16(17)6-4-15)19-11-8-14(9-12-19)7-10-18-2/h3-6,13-14,18H,7-12H2,1-2H3. The van der Waals surface area contributed by atoms with Crippen LogP contribution in [-0.4, -0.2) is 31.6 Å². The molecule has 1 N–H and O–H groups in total. The van der Waals surface area contributed by atoms with Gasteiger partial charge >= 0.3 is 0 Å². The van der Waals surface area contributed by atoms with Gasteiger partial charge in [0.15, 0.2) is 0 Å². The molecule has 0 spiro atoms. The average Bonchev–Trinajstić information content (AvgIpc) is 2.46. The summed E-state index contributed by atoms with van der Waals surface area (Å²) in [6, 6.07) is 8.79. The topological polar surface area (TPSA) is 15.3 Å². The summed E-state index contributed by atoms with van der Waals surface area (Å²) in [6.07, 6.45) is 3.99. The number of nitrogens with zero attached hydrogens (tertiary/aromatic N) is 1. The molecule has 1 aromatic carbocycles. The molecule has 0 amide bonds. The third-order valence-electron chi connectivity index (χ3n) is 4.35. The molecule has 1 atom stereocenters. The van der Waals surface area contributed by atoms with E-state index in [1.165, 1.54) is 37.9 Å². The van der Waals surface area contributed by atoms with Gasteiger partial charge in [-0.05, 0) is 76.5 Å². The van der Waals surface area contributed by atoms with Crippen LogP contribution < -0.4 is 5.32 Å². The zero-order valence-electron chi connectivity index (χ0n) is 12.0. The van der Waals surface area contributed by atoms with E-state index in [1.807, 2.05) is 19.2 Å². The van der Waals surface area contributed by atoms with Gasteiger partial charge in [-0.3, -0.25) is 4.90 Å². The van der Waals surface area contributed by atoms with Gasteiger partial charge in [0.1, 0.15) is 0 Å². The Morgan fingerprint density at radius 3 is 2.47 bits per heavy atom. The van der Waals surface area contributed by atoms with Crippen LogP contribution in [0.5, 0.6) is 0 Å². The second-order valence-corrected chi connectivity index (χ2v) is 6.04. The van der Waals surface area contributed by atoms with Crippen molar-refractivity contribution in [1.82, 2.24) is 10.2 Å². The number of halogens is 1. The van der Waals surface area contributed by atoms with Gasteiger partial charge in [-0.15, -0.1) is 0 Å². The molecule has 1 unspecified atom stereocenters. The van der Waals surface area contributed by atoms with Crippen molar-refractivity contribution in [2.24, 2.45) is 5.92 Å². The molecule has 1 fully saturated rings. The van der Waals surface area contributed by atoms with E-state index >= 15 is 0 Å². The first-order valence-corrected chi connectivity index (χ1v) is 7.72. The van der Waals surface area contributed by atoms with E-state index in [9.17, 15) is 0 Å². The minimum atomic E-state index is 0.502. The van der Waals surface area contributed by atoms with Gasteiger partial charge in [-0.1, -0.05) is 23.7 Å². The van der Waals surface area contributed by atoms with Crippen LogP contribution in [0.3, 0.4) is 0 Å².